The van der Waals surface area contributed by atoms with E-state index in [1.165, 1.54) is 63.5 Å². The van der Waals surface area contributed by atoms with Crippen LogP contribution in [0, 0.1) is 17.8 Å². The Labute approximate surface area is 174 Å². The Balaban J connectivity index is 1.45. The van der Waals surface area contributed by atoms with Gasteiger partial charge in [0, 0.05) is 29.9 Å². The van der Waals surface area contributed by atoms with Gasteiger partial charge in [0.15, 0.2) is 5.72 Å². The van der Waals surface area contributed by atoms with Gasteiger partial charge in [-0.2, -0.15) is 0 Å². The van der Waals surface area contributed by atoms with Crippen LogP contribution in [-0.4, -0.2) is 11.5 Å². The van der Waals surface area contributed by atoms with Crippen molar-refractivity contribution in [3.63, 3.8) is 0 Å². The fourth-order valence-electron chi connectivity index (χ4n) is 7.31. The molecular formula is C26H33NO2. The molecule has 2 heterocycles. The normalized spacial score (nSPS) is 36.1. The molecule has 5 aliphatic rings. The molecule has 0 saturated heterocycles. The Hall–Kier alpha value is -1.77. The molecular weight excluding hydrogens is 358 g/mol. The first-order chi connectivity index (χ1) is 14.3. The van der Waals surface area contributed by atoms with Gasteiger partial charge in [0.25, 0.3) is 0 Å². The number of carbonyl (C=O) groups is 1. The number of carbonyl (C=O) groups excluding carboxylic acids is 1. The summed E-state index contributed by atoms with van der Waals surface area (Å²) >= 11 is 0. The zero-order valence-electron chi connectivity index (χ0n) is 17.5. The zero-order chi connectivity index (χ0) is 19.4. The number of rotatable bonds is 2. The Bertz CT molecular complexity index is 858. The van der Waals surface area contributed by atoms with Gasteiger partial charge in [-0.05, 0) is 76.3 Å². The number of anilines is 1. The average Bonchev–Trinajstić information content (AvgIpc) is 3.10. The summed E-state index contributed by atoms with van der Waals surface area (Å²) in [5, 5.41) is 0. The molecule has 2 fully saturated rings. The molecule has 154 valence electrons. The third kappa shape index (κ3) is 2.65. The van der Waals surface area contributed by atoms with Crippen LogP contribution in [0.1, 0.15) is 83.5 Å². The van der Waals surface area contributed by atoms with Gasteiger partial charge < -0.3 is 9.64 Å². The highest BCUT2D eigenvalue weighted by atomic mass is 16.5. The van der Waals surface area contributed by atoms with Crippen LogP contribution in [-0.2, 0) is 4.79 Å². The van der Waals surface area contributed by atoms with E-state index in [0.717, 1.165) is 31.4 Å². The number of ketones is 1. The van der Waals surface area contributed by atoms with E-state index in [9.17, 15) is 4.79 Å². The number of ether oxygens (including phenoxy) is 1. The summed E-state index contributed by atoms with van der Waals surface area (Å²) in [6.07, 6.45) is 15.3. The molecule has 0 bridgehead atoms. The van der Waals surface area contributed by atoms with Gasteiger partial charge in [0.1, 0.15) is 11.5 Å². The van der Waals surface area contributed by atoms with Crippen LogP contribution in [0.3, 0.4) is 0 Å². The highest BCUT2D eigenvalue weighted by Gasteiger charge is 2.61. The molecule has 2 aliphatic heterocycles. The van der Waals surface area contributed by atoms with Gasteiger partial charge in [0.2, 0.25) is 0 Å². The van der Waals surface area contributed by atoms with Crippen molar-refractivity contribution in [1.82, 2.24) is 0 Å². The predicted octanol–water partition coefficient (Wildman–Crippen LogP) is 6.38. The summed E-state index contributed by atoms with van der Waals surface area (Å²) in [4.78, 5) is 15.4. The van der Waals surface area contributed by atoms with Crippen LogP contribution in [0.4, 0.5) is 5.69 Å². The Kier molecular flexibility index (Phi) is 4.28. The lowest BCUT2D eigenvalue weighted by Crippen LogP contribution is -2.64. The van der Waals surface area contributed by atoms with Gasteiger partial charge in [0.05, 0.1) is 5.69 Å². The predicted molar refractivity (Wildman–Crippen MR) is 115 cm³/mol. The minimum atomic E-state index is -0.240. The van der Waals surface area contributed by atoms with Gasteiger partial charge in [-0.15, -0.1) is 0 Å². The monoisotopic (exact) mass is 391 g/mol. The molecule has 3 aliphatic carbocycles. The first kappa shape index (κ1) is 18.0. The first-order valence-corrected chi connectivity index (χ1v) is 12.1. The van der Waals surface area contributed by atoms with E-state index < -0.39 is 0 Å². The largest absolute Gasteiger partial charge is 0.465 e. The van der Waals surface area contributed by atoms with Crippen LogP contribution < -0.4 is 9.64 Å². The molecule has 0 N–H and O–H groups in total. The van der Waals surface area contributed by atoms with Crippen LogP contribution >= 0.6 is 0 Å². The number of Topliss-reactive ketones (excluding diaryl/α,β-unsaturated/α-hetero) is 1. The average molecular weight is 392 g/mol. The molecule has 1 spiro atoms. The van der Waals surface area contributed by atoms with Gasteiger partial charge in [-0.3, -0.25) is 4.79 Å². The smallest absolute Gasteiger partial charge is 0.193 e. The SMILES string of the molecule is O=C1CCCCC1CC1CCC[C@@H]2CC3=C(CCCC3)N3c4ccccc4O[C@@]123. The maximum absolute atomic E-state index is 12.7. The third-order valence-corrected chi connectivity index (χ3v) is 8.57. The highest BCUT2D eigenvalue weighted by Crippen LogP contribution is 2.61. The van der Waals surface area contributed by atoms with Gasteiger partial charge >= 0.3 is 0 Å². The lowest BCUT2D eigenvalue weighted by molar-refractivity contribution is -0.127. The zero-order valence-corrected chi connectivity index (χ0v) is 17.5. The summed E-state index contributed by atoms with van der Waals surface area (Å²) in [5.41, 5.74) is 4.31. The summed E-state index contributed by atoms with van der Waals surface area (Å²) in [6, 6.07) is 8.71. The fourth-order valence-corrected chi connectivity index (χ4v) is 7.31. The number of allylic oxidation sites excluding steroid dienone is 2. The molecule has 6 rings (SSSR count). The van der Waals surface area contributed by atoms with Gasteiger partial charge in [-0.1, -0.05) is 30.5 Å². The molecule has 3 nitrogen and oxygen atoms in total. The molecule has 29 heavy (non-hydrogen) atoms. The lowest BCUT2D eigenvalue weighted by atomic mass is 9.64. The number of hydrogen-bond donors (Lipinski definition) is 0. The molecule has 3 heteroatoms. The third-order valence-electron chi connectivity index (χ3n) is 8.57. The van der Waals surface area contributed by atoms with E-state index in [4.69, 9.17) is 4.74 Å². The van der Waals surface area contributed by atoms with Crippen molar-refractivity contribution in [2.24, 2.45) is 17.8 Å². The highest BCUT2D eigenvalue weighted by molar-refractivity contribution is 5.81. The van der Waals surface area contributed by atoms with Crippen molar-refractivity contribution in [3.05, 3.63) is 35.5 Å². The molecule has 0 aromatic heterocycles. The van der Waals surface area contributed by atoms with E-state index in [1.54, 1.807) is 11.3 Å². The second-order valence-corrected chi connectivity index (χ2v) is 10.1. The molecule has 0 amide bonds. The number of hydrogen-bond acceptors (Lipinski definition) is 3. The molecule has 1 aromatic rings. The maximum Gasteiger partial charge on any atom is 0.193 e. The molecule has 2 unspecified atom stereocenters. The Morgan fingerprint density at radius 2 is 1.83 bits per heavy atom. The number of para-hydroxylation sites is 2. The summed E-state index contributed by atoms with van der Waals surface area (Å²) in [5.74, 6) is 2.86. The Morgan fingerprint density at radius 3 is 2.76 bits per heavy atom. The van der Waals surface area contributed by atoms with E-state index >= 15 is 0 Å². The number of benzene rings is 1. The van der Waals surface area contributed by atoms with Gasteiger partial charge in [-0.25, -0.2) is 0 Å². The topological polar surface area (TPSA) is 29.5 Å². The number of nitrogens with zero attached hydrogens (tertiary/aromatic N) is 1. The molecule has 0 radical (unpaired) electrons. The second kappa shape index (κ2) is 6.89. The van der Waals surface area contributed by atoms with Crippen LogP contribution in [0.2, 0.25) is 0 Å². The number of fused-ring (bicyclic) bond motifs is 3. The van der Waals surface area contributed by atoms with Crippen molar-refractivity contribution in [2.75, 3.05) is 4.90 Å². The van der Waals surface area contributed by atoms with E-state index in [1.807, 2.05) is 0 Å². The van der Waals surface area contributed by atoms with Crippen molar-refractivity contribution < 1.29 is 9.53 Å². The quantitative estimate of drug-likeness (QED) is 0.586. The van der Waals surface area contributed by atoms with E-state index in [0.29, 0.717) is 17.6 Å². The van der Waals surface area contributed by atoms with E-state index in [2.05, 4.69) is 29.2 Å². The Morgan fingerprint density at radius 1 is 0.966 bits per heavy atom. The minimum Gasteiger partial charge on any atom is -0.465 e. The minimum absolute atomic E-state index is 0.240. The van der Waals surface area contributed by atoms with Crippen molar-refractivity contribution in [1.29, 1.82) is 0 Å². The van der Waals surface area contributed by atoms with Crippen molar-refractivity contribution in [3.8, 4) is 5.75 Å². The van der Waals surface area contributed by atoms with Crippen LogP contribution in [0.5, 0.6) is 5.75 Å². The molecule has 2 saturated carbocycles. The van der Waals surface area contributed by atoms with Crippen LogP contribution in [0.25, 0.3) is 0 Å². The maximum atomic E-state index is 12.7. The first-order valence-electron chi connectivity index (χ1n) is 12.1. The van der Waals surface area contributed by atoms with Crippen molar-refractivity contribution in [2.45, 2.75) is 89.2 Å². The summed E-state index contributed by atoms with van der Waals surface area (Å²) in [7, 11) is 0. The van der Waals surface area contributed by atoms with Crippen LogP contribution in [0.15, 0.2) is 35.5 Å². The summed E-state index contributed by atoms with van der Waals surface area (Å²) < 4.78 is 7.02. The second-order valence-electron chi connectivity index (χ2n) is 10.1. The standard InChI is InChI=1S/C26H33NO2/c28-24-14-5-2-9-19(24)17-21-11-7-10-20-16-18-8-1-3-12-22(18)27-23-13-4-6-15-25(23)29-26(20,21)27/h4,6,13,15,19-21H,1-3,5,7-12,14,16-17H2/t19?,20-,21?,26-/m1/s1. The molecule has 1 aromatic carbocycles. The molecule has 4 atom stereocenters. The van der Waals surface area contributed by atoms with E-state index in [-0.39, 0.29) is 11.6 Å². The van der Waals surface area contributed by atoms with Crippen molar-refractivity contribution >= 4 is 11.5 Å². The summed E-state index contributed by atoms with van der Waals surface area (Å²) in [6.45, 7) is 0. The fraction of sp³-hybridized carbons (Fsp3) is 0.654. The lowest BCUT2D eigenvalue weighted by Gasteiger charge is -2.56.